The van der Waals surface area contributed by atoms with Gasteiger partial charge in [0, 0.05) is 30.9 Å². The number of amides is 1. The number of carbonyl (C=O) groups is 1. The minimum absolute atomic E-state index is 0.235. The zero-order valence-electron chi connectivity index (χ0n) is 15.3. The van der Waals surface area contributed by atoms with Gasteiger partial charge in [0.25, 0.3) is 5.91 Å². The predicted molar refractivity (Wildman–Crippen MR) is 96.6 cm³/mol. The number of nitrogens with two attached hydrogens (primary N) is 1. The molecule has 0 aromatic carbocycles. The van der Waals surface area contributed by atoms with Gasteiger partial charge in [0.15, 0.2) is 0 Å². The summed E-state index contributed by atoms with van der Waals surface area (Å²) < 4.78 is 0. The number of rotatable bonds is 8. The maximum atomic E-state index is 11.5. The van der Waals surface area contributed by atoms with E-state index in [1.54, 1.807) is 13.2 Å². The second-order valence-electron chi connectivity index (χ2n) is 4.92. The minimum Gasteiger partial charge on any atom is -0.382 e. The van der Waals surface area contributed by atoms with Gasteiger partial charge in [0.1, 0.15) is 5.84 Å². The van der Waals surface area contributed by atoms with E-state index in [1.807, 2.05) is 20.8 Å². The Balaban J connectivity index is 0. The maximum absolute atomic E-state index is 11.5. The molecule has 0 bridgehead atoms. The third kappa shape index (κ3) is 8.49. The fourth-order valence-corrected chi connectivity index (χ4v) is 1.55. The number of hydrogen-bond acceptors (Lipinski definition) is 3. The third-order valence-corrected chi connectivity index (χ3v) is 3.31. The highest BCUT2D eigenvalue weighted by Crippen LogP contribution is 2.07. The second kappa shape index (κ2) is 12.9. The van der Waals surface area contributed by atoms with E-state index in [9.17, 15) is 4.79 Å². The number of carbonyl (C=O) groups excluding carboxylic acids is 1. The Labute approximate surface area is 136 Å². The van der Waals surface area contributed by atoms with Crippen molar-refractivity contribution in [2.75, 3.05) is 7.05 Å². The summed E-state index contributed by atoms with van der Waals surface area (Å²) in [5.74, 6) is 0.599. The van der Waals surface area contributed by atoms with Crippen LogP contribution in [0.25, 0.3) is 0 Å². The van der Waals surface area contributed by atoms with Gasteiger partial charge in [0.05, 0.1) is 5.57 Å². The van der Waals surface area contributed by atoms with E-state index in [2.05, 4.69) is 43.0 Å². The third-order valence-electron chi connectivity index (χ3n) is 3.31. The van der Waals surface area contributed by atoms with Crippen molar-refractivity contribution in [1.82, 2.24) is 10.6 Å². The van der Waals surface area contributed by atoms with Gasteiger partial charge in [-0.3, -0.25) is 9.79 Å². The average Bonchev–Trinajstić information content (AvgIpc) is 2.52. The highest BCUT2D eigenvalue weighted by molar-refractivity contribution is 5.97. The van der Waals surface area contributed by atoms with Gasteiger partial charge in [-0.25, -0.2) is 0 Å². The molecule has 0 saturated carbocycles. The Morgan fingerprint density at radius 1 is 1.27 bits per heavy atom. The van der Waals surface area contributed by atoms with Crippen LogP contribution in [0.1, 0.15) is 54.4 Å². The Hall–Kier alpha value is -1.78. The highest BCUT2D eigenvalue weighted by Gasteiger charge is 2.13. The summed E-state index contributed by atoms with van der Waals surface area (Å²) in [6.45, 7) is 16.1. The Bertz CT molecular complexity index is 399. The molecular weight excluding hydrogens is 276 g/mol. The lowest BCUT2D eigenvalue weighted by molar-refractivity contribution is -0.114. The molecule has 0 aliphatic rings. The van der Waals surface area contributed by atoms with Crippen molar-refractivity contribution in [1.29, 1.82) is 0 Å². The van der Waals surface area contributed by atoms with E-state index in [-0.39, 0.29) is 6.04 Å². The number of nitrogens with zero attached hydrogens (tertiary/aromatic N) is 1. The Morgan fingerprint density at radius 2 is 1.82 bits per heavy atom. The molecule has 0 heterocycles. The molecule has 5 nitrogen and oxygen atoms in total. The first-order valence-electron chi connectivity index (χ1n) is 8.06. The number of hydrogen-bond donors (Lipinski definition) is 3. The van der Waals surface area contributed by atoms with Crippen LogP contribution in [-0.2, 0) is 4.79 Å². The summed E-state index contributed by atoms with van der Waals surface area (Å²) >= 11 is 0. The molecule has 0 fully saturated rings. The zero-order valence-corrected chi connectivity index (χ0v) is 15.3. The molecule has 22 heavy (non-hydrogen) atoms. The fraction of sp³-hybridized carbons (Fsp3) is 0.647. The summed E-state index contributed by atoms with van der Waals surface area (Å²) in [5.41, 5.74) is 6.27. The van der Waals surface area contributed by atoms with Crippen molar-refractivity contribution in [3.63, 3.8) is 0 Å². The van der Waals surface area contributed by atoms with Gasteiger partial charge in [-0.15, -0.1) is 0 Å². The molecule has 128 valence electrons. The predicted octanol–water partition coefficient (Wildman–Crippen LogP) is 2.95. The lowest BCUT2D eigenvalue weighted by Gasteiger charge is -2.17. The second-order valence-corrected chi connectivity index (χ2v) is 4.92. The van der Waals surface area contributed by atoms with Crippen molar-refractivity contribution in [3.05, 3.63) is 24.0 Å². The molecule has 2 atom stereocenters. The molecule has 5 heteroatoms. The molecule has 4 N–H and O–H groups in total. The van der Waals surface area contributed by atoms with Crippen molar-refractivity contribution in [3.8, 4) is 0 Å². The van der Waals surface area contributed by atoms with Crippen LogP contribution in [0, 0.1) is 5.92 Å². The van der Waals surface area contributed by atoms with Gasteiger partial charge in [-0.1, -0.05) is 41.2 Å². The molecule has 0 aliphatic carbocycles. The molecule has 0 aromatic heterocycles. The maximum Gasteiger partial charge on any atom is 0.252 e. The summed E-state index contributed by atoms with van der Waals surface area (Å²) in [6, 6.07) is 0.235. The van der Waals surface area contributed by atoms with Crippen molar-refractivity contribution >= 4 is 11.7 Å². The van der Waals surface area contributed by atoms with Crippen LogP contribution < -0.4 is 16.4 Å². The molecule has 0 saturated heterocycles. The van der Waals surface area contributed by atoms with Crippen LogP contribution in [0.2, 0.25) is 0 Å². The van der Waals surface area contributed by atoms with Crippen LogP contribution in [0.4, 0.5) is 0 Å². The van der Waals surface area contributed by atoms with E-state index in [4.69, 9.17) is 5.73 Å². The Morgan fingerprint density at radius 3 is 2.18 bits per heavy atom. The number of amidine groups is 1. The van der Waals surface area contributed by atoms with Gasteiger partial charge in [-0.2, -0.15) is 0 Å². The monoisotopic (exact) mass is 310 g/mol. The van der Waals surface area contributed by atoms with Gasteiger partial charge in [-0.05, 0) is 19.8 Å². The van der Waals surface area contributed by atoms with Crippen LogP contribution in [0.3, 0.4) is 0 Å². The first kappa shape index (κ1) is 22.5. The van der Waals surface area contributed by atoms with E-state index >= 15 is 0 Å². The van der Waals surface area contributed by atoms with E-state index in [0.717, 1.165) is 18.7 Å². The fourth-order valence-electron chi connectivity index (χ4n) is 1.55. The van der Waals surface area contributed by atoms with Gasteiger partial charge < -0.3 is 16.4 Å². The quantitative estimate of drug-likeness (QED) is 0.279. The van der Waals surface area contributed by atoms with Gasteiger partial charge >= 0.3 is 0 Å². The molecule has 0 rings (SSSR count). The van der Waals surface area contributed by atoms with Crippen LogP contribution in [0.5, 0.6) is 0 Å². The van der Waals surface area contributed by atoms with Crippen molar-refractivity contribution < 1.29 is 4.79 Å². The number of aliphatic imine (C=N–C) groups is 1. The van der Waals surface area contributed by atoms with Crippen molar-refractivity contribution in [2.24, 2.45) is 16.6 Å². The normalized spacial score (nSPS) is 14.3. The number of nitrogens with one attached hydrogen (secondary N) is 2. The highest BCUT2D eigenvalue weighted by atomic mass is 16.1. The molecule has 0 aromatic rings. The first-order valence-corrected chi connectivity index (χ1v) is 8.06. The average molecular weight is 310 g/mol. The molecule has 1 amide bonds. The standard InChI is InChI=1S/C15H28N4O.C2H6/c1-7-10(3)15(17-6)18-9-13(14(16)20)12(5)19-11(4)8-2;1-2/h9-11,19H,5,7-8H2,1-4,6H3,(H2,16,20)(H,17,18);1-2H3/b13-9+;. The minimum atomic E-state index is -0.516. The lowest BCUT2D eigenvalue weighted by Crippen LogP contribution is -2.31. The topological polar surface area (TPSA) is 79.5 Å². The largest absolute Gasteiger partial charge is 0.382 e. The molecule has 0 aliphatic heterocycles. The molecule has 0 radical (unpaired) electrons. The SMILES string of the molecule is C=C(NC(C)CC)/C(=C\NC(=NC)C(C)CC)C(N)=O.CC. The summed E-state index contributed by atoms with van der Waals surface area (Å²) in [5, 5.41) is 6.21. The van der Waals surface area contributed by atoms with E-state index < -0.39 is 5.91 Å². The summed E-state index contributed by atoms with van der Waals surface area (Å²) in [4.78, 5) is 15.7. The molecule has 2 unspecified atom stereocenters. The lowest BCUT2D eigenvalue weighted by atomic mass is 10.1. The number of primary amides is 1. The summed E-state index contributed by atoms with van der Waals surface area (Å²) in [6.07, 6.45) is 3.48. The smallest absolute Gasteiger partial charge is 0.252 e. The van der Waals surface area contributed by atoms with Crippen LogP contribution >= 0.6 is 0 Å². The zero-order chi connectivity index (χ0) is 17.7. The molecule has 0 spiro atoms. The van der Waals surface area contributed by atoms with Gasteiger partial charge in [0.2, 0.25) is 0 Å². The van der Waals surface area contributed by atoms with Crippen LogP contribution in [-0.4, -0.2) is 24.8 Å². The first-order chi connectivity index (χ1) is 10.4. The van der Waals surface area contributed by atoms with E-state index in [0.29, 0.717) is 17.2 Å². The molecular formula is C17H34N4O. The summed E-state index contributed by atoms with van der Waals surface area (Å²) in [7, 11) is 1.72. The van der Waals surface area contributed by atoms with Crippen molar-refractivity contribution in [2.45, 2.75) is 60.4 Å². The Kier molecular flexibility index (Phi) is 13.2. The van der Waals surface area contributed by atoms with E-state index in [1.165, 1.54) is 0 Å². The van der Waals surface area contributed by atoms with Crippen LogP contribution in [0.15, 0.2) is 29.0 Å².